The molecule has 1 aliphatic heterocycles. The maximum atomic E-state index is 8.59. The van der Waals surface area contributed by atoms with Crippen LogP contribution in [0, 0.1) is 22.7 Å². The van der Waals surface area contributed by atoms with E-state index < -0.39 is 0 Å². The zero-order valence-electron chi connectivity index (χ0n) is 11.3. The van der Waals surface area contributed by atoms with Gasteiger partial charge in [-0.3, -0.25) is 0 Å². The van der Waals surface area contributed by atoms with Crippen molar-refractivity contribution in [1.29, 1.82) is 5.26 Å². The summed E-state index contributed by atoms with van der Waals surface area (Å²) in [6, 6.07) is 9.95. The van der Waals surface area contributed by atoms with Crippen molar-refractivity contribution in [3.05, 3.63) is 24.3 Å². The molecule has 0 N–H and O–H groups in total. The number of nitrogens with zero attached hydrogens (tertiary/aromatic N) is 2. The van der Waals surface area contributed by atoms with Crippen LogP contribution in [0.4, 0.5) is 5.69 Å². The van der Waals surface area contributed by atoms with Gasteiger partial charge in [0.25, 0.3) is 0 Å². The van der Waals surface area contributed by atoms with Crippen molar-refractivity contribution in [3.8, 4) is 11.8 Å². The second-order valence-corrected chi connectivity index (χ2v) is 5.88. The average Bonchev–Trinajstić information content (AvgIpc) is 2.24. The van der Waals surface area contributed by atoms with Gasteiger partial charge in [-0.15, -0.1) is 0 Å². The van der Waals surface area contributed by atoms with E-state index >= 15 is 0 Å². The molecule has 0 unspecified atom stereocenters. The lowest BCUT2D eigenvalue weighted by atomic mass is 9.76. The number of hydrogen-bond acceptors (Lipinski definition) is 3. The van der Waals surface area contributed by atoms with Crippen LogP contribution < -0.4 is 9.64 Å². The fourth-order valence-electron chi connectivity index (χ4n) is 2.17. The number of nitriles is 1. The second-order valence-electron chi connectivity index (χ2n) is 5.88. The summed E-state index contributed by atoms with van der Waals surface area (Å²) in [6.07, 6.45) is 0. The van der Waals surface area contributed by atoms with Gasteiger partial charge in [-0.25, -0.2) is 0 Å². The van der Waals surface area contributed by atoms with Crippen molar-refractivity contribution in [3.63, 3.8) is 0 Å². The molecule has 96 valence electrons. The highest BCUT2D eigenvalue weighted by molar-refractivity contribution is 5.60. The molecule has 1 aromatic carbocycles. The van der Waals surface area contributed by atoms with E-state index in [0.717, 1.165) is 30.4 Å². The molecule has 0 atom stereocenters. The number of ether oxygens (including phenoxy) is 1. The van der Waals surface area contributed by atoms with Gasteiger partial charge in [-0.1, -0.05) is 32.9 Å². The number of rotatable bonds is 3. The Morgan fingerprint density at radius 1 is 1.33 bits per heavy atom. The molecule has 2 rings (SSSR count). The Hall–Kier alpha value is -1.69. The molecule has 18 heavy (non-hydrogen) atoms. The Balaban J connectivity index is 2.05. The molecule has 3 nitrogen and oxygen atoms in total. The third-order valence-electron chi connectivity index (χ3n) is 3.60. The summed E-state index contributed by atoms with van der Waals surface area (Å²) in [6.45, 7) is 9.09. The van der Waals surface area contributed by atoms with Crippen LogP contribution in [0.3, 0.4) is 0 Å². The van der Waals surface area contributed by atoms with Gasteiger partial charge in [0.1, 0.15) is 11.8 Å². The Morgan fingerprint density at radius 2 is 2.00 bits per heavy atom. The highest BCUT2D eigenvalue weighted by Crippen LogP contribution is 2.39. The van der Waals surface area contributed by atoms with Crippen LogP contribution in [0.5, 0.6) is 5.75 Å². The average molecular weight is 244 g/mol. The van der Waals surface area contributed by atoms with E-state index in [1.807, 2.05) is 24.3 Å². The first kappa shape index (κ1) is 12.8. The lowest BCUT2D eigenvalue weighted by Crippen LogP contribution is -2.52. The maximum Gasteiger partial charge on any atom is 0.174 e. The van der Waals surface area contributed by atoms with Crippen LogP contribution in [-0.2, 0) is 0 Å². The molecule has 1 fully saturated rings. The highest BCUT2D eigenvalue weighted by atomic mass is 16.5. The topological polar surface area (TPSA) is 36.3 Å². The van der Waals surface area contributed by atoms with Gasteiger partial charge in [0.2, 0.25) is 0 Å². The minimum absolute atomic E-state index is 0.105. The smallest absolute Gasteiger partial charge is 0.174 e. The van der Waals surface area contributed by atoms with E-state index in [9.17, 15) is 0 Å². The van der Waals surface area contributed by atoms with Crippen molar-refractivity contribution in [2.45, 2.75) is 20.8 Å². The SMILES string of the molecule is CC(C)(C)C1CN(c2ccccc2OCC#N)C1. The molecular weight excluding hydrogens is 224 g/mol. The van der Waals surface area contributed by atoms with Crippen molar-refractivity contribution in [1.82, 2.24) is 0 Å². The van der Waals surface area contributed by atoms with E-state index in [1.54, 1.807) is 0 Å². The number of anilines is 1. The van der Waals surface area contributed by atoms with Gasteiger partial charge in [0, 0.05) is 13.1 Å². The highest BCUT2D eigenvalue weighted by Gasteiger charge is 2.36. The predicted octanol–water partition coefficient (Wildman–Crippen LogP) is 3.07. The molecule has 0 saturated carbocycles. The molecule has 0 bridgehead atoms. The molecule has 0 aromatic heterocycles. The molecule has 3 heteroatoms. The monoisotopic (exact) mass is 244 g/mol. The van der Waals surface area contributed by atoms with Crippen LogP contribution in [-0.4, -0.2) is 19.7 Å². The Bertz CT molecular complexity index is 450. The molecule has 1 aliphatic rings. The molecule has 0 spiro atoms. The van der Waals surface area contributed by atoms with Gasteiger partial charge >= 0.3 is 0 Å². The summed E-state index contributed by atoms with van der Waals surface area (Å²) in [5.74, 6) is 1.54. The summed E-state index contributed by atoms with van der Waals surface area (Å²) in [4.78, 5) is 2.32. The minimum atomic E-state index is 0.105. The van der Waals surface area contributed by atoms with Crippen molar-refractivity contribution in [2.24, 2.45) is 11.3 Å². The molecule has 1 saturated heterocycles. The standard InChI is InChI=1S/C15H20N2O/c1-15(2,3)12-10-17(11-12)13-6-4-5-7-14(13)18-9-8-16/h4-7,12H,9-11H2,1-3H3. The Labute approximate surface area is 109 Å². The quantitative estimate of drug-likeness (QED) is 0.819. The second kappa shape index (κ2) is 4.89. The third kappa shape index (κ3) is 2.59. The molecule has 0 aliphatic carbocycles. The third-order valence-corrected chi connectivity index (χ3v) is 3.60. The normalized spacial score (nSPS) is 16.0. The van der Waals surface area contributed by atoms with E-state index in [1.165, 1.54) is 0 Å². The summed E-state index contributed by atoms with van der Waals surface area (Å²) in [5.41, 5.74) is 1.46. The number of para-hydroxylation sites is 2. The van der Waals surface area contributed by atoms with Gasteiger partial charge < -0.3 is 9.64 Å². The number of hydrogen-bond donors (Lipinski definition) is 0. The van der Waals surface area contributed by atoms with Gasteiger partial charge in [-0.2, -0.15) is 5.26 Å². The zero-order chi connectivity index (χ0) is 13.2. The summed E-state index contributed by atoms with van der Waals surface area (Å²) < 4.78 is 5.46. The first-order chi connectivity index (χ1) is 8.52. The van der Waals surface area contributed by atoms with Crippen LogP contribution >= 0.6 is 0 Å². The van der Waals surface area contributed by atoms with E-state index in [0.29, 0.717) is 5.41 Å². The summed E-state index contributed by atoms with van der Waals surface area (Å²) >= 11 is 0. The van der Waals surface area contributed by atoms with Crippen LogP contribution in [0.1, 0.15) is 20.8 Å². The number of benzene rings is 1. The fraction of sp³-hybridized carbons (Fsp3) is 0.533. The van der Waals surface area contributed by atoms with Crippen LogP contribution in [0.25, 0.3) is 0 Å². The molecule has 1 heterocycles. The zero-order valence-corrected chi connectivity index (χ0v) is 11.3. The molecule has 1 aromatic rings. The Kier molecular flexibility index (Phi) is 3.47. The van der Waals surface area contributed by atoms with Crippen molar-refractivity contribution < 1.29 is 4.74 Å². The van der Waals surface area contributed by atoms with Gasteiger partial charge in [-0.05, 0) is 23.5 Å². The van der Waals surface area contributed by atoms with Crippen molar-refractivity contribution in [2.75, 3.05) is 24.6 Å². The summed E-state index contributed by atoms with van der Waals surface area (Å²) in [7, 11) is 0. The maximum absolute atomic E-state index is 8.59. The van der Waals surface area contributed by atoms with Crippen molar-refractivity contribution >= 4 is 5.69 Å². The lowest BCUT2D eigenvalue weighted by molar-refractivity contribution is 0.194. The van der Waals surface area contributed by atoms with E-state index in [2.05, 4.69) is 31.7 Å². The molecule has 0 amide bonds. The summed E-state index contributed by atoms with van der Waals surface area (Å²) in [5, 5.41) is 8.59. The van der Waals surface area contributed by atoms with Crippen LogP contribution in [0.15, 0.2) is 24.3 Å². The van der Waals surface area contributed by atoms with E-state index in [4.69, 9.17) is 10.00 Å². The van der Waals surface area contributed by atoms with Gasteiger partial charge in [0.15, 0.2) is 6.61 Å². The van der Waals surface area contributed by atoms with E-state index in [-0.39, 0.29) is 6.61 Å². The predicted molar refractivity (Wildman–Crippen MR) is 72.7 cm³/mol. The fourth-order valence-corrected chi connectivity index (χ4v) is 2.17. The largest absolute Gasteiger partial charge is 0.477 e. The molecule has 0 radical (unpaired) electrons. The first-order valence-electron chi connectivity index (χ1n) is 6.36. The van der Waals surface area contributed by atoms with Crippen LogP contribution in [0.2, 0.25) is 0 Å². The lowest BCUT2D eigenvalue weighted by Gasteiger charge is -2.47. The minimum Gasteiger partial charge on any atom is -0.477 e. The van der Waals surface area contributed by atoms with Gasteiger partial charge in [0.05, 0.1) is 5.69 Å². The first-order valence-corrected chi connectivity index (χ1v) is 6.36. The Morgan fingerprint density at radius 3 is 2.61 bits per heavy atom. The molecular formula is C15H20N2O.